The summed E-state index contributed by atoms with van der Waals surface area (Å²) in [5, 5.41) is 3.17. The zero-order valence-electron chi connectivity index (χ0n) is 18.3. The maximum atomic E-state index is 13.3. The lowest BCUT2D eigenvalue weighted by Crippen LogP contribution is -2.49. The van der Waals surface area contributed by atoms with Crippen LogP contribution >= 0.6 is 11.3 Å². The van der Waals surface area contributed by atoms with E-state index in [1.165, 1.54) is 39.9 Å². The van der Waals surface area contributed by atoms with Crippen LogP contribution in [-0.4, -0.2) is 53.9 Å². The average molecular weight is 515 g/mol. The van der Waals surface area contributed by atoms with E-state index in [1.807, 2.05) is 4.90 Å². The average Bonchev–Trinajstić information content (AvgIpc) is 3.41. The molecule has 0 saturated carbocycles. The van der Waals surface area contributed by atoms with Crippen LogP contribution in [0.2, 0.25) is 0 Å². The molecule has 2 aromatic carbocycles. The minimum absolute atomic E-state index is 0.0570. The second-order valence-electron chi connectivity index (χ2n) is 7.78. The van der Waals surface area contributed by atoms with Gasteiger partial charge in [0, 0.05) is 44.1 Å². The highest BCUT2D eigenvalue weighted by molar-refractivity contribution is 7.89. The second kappa shape index (κ2) is 9.64. The molecular weight excluding hydrogens is 494 g/mol. The van der Waals surface area contributed by atoms with E-state index >= 15 is 0 Å². The minimum atomic E-state index is -3.73. The van der Waals surface area contributed by atoms with Gasteiger partial charge in [-0.3, -0.25) is 4.98 Å². The van der Waals surface area contributed by atoms with Crippen molar-refractivity contribution in [3.63, 3.8) is 0 Å². The number of rotatable bonds is 6. The van der Waals surface area contributed by atoms with Crippen LogP contribution < -0.4 is 10.2 Å². The molecule has 4 aromatic rings. The van der Waals surface area contributed by atoms with Crippen LogP contribution in [0.4, 0.5) is 26.2 Å². The van der Waals surface area contributed by atoms with Crippen molar-refractivity contribution in [2.45, 2.75) is 4.90 Å². The van der Waals surface area contributed by atoms with Crippen LogP contribution in [0.5, 0.6) is 0 Å². The molecule has 5 rings (SSSR count). The van der Waals surface area contributed by atoms with Gasteiger partial charge in [-0.1, -0.05) is 0 Å². The molecule has 2 aromatic heterocycles. The Hall–Kier alpha value is -3.48. The van der Waals surface area contributed by atoms with E-state index in [-0.39, 0.29) is 23.8 Å². The molecule has 35 heavy (non-hydrogen) atoms. The third-order valence-corrected chi connectivity index (χ3v) is 8.20. The van der Waals surface area contributed by atoms with Gasteiger partial charge in [-0.05, 0) is 48.5 Å². The van der Waals surface area contributed by atoms with Gasteiger partial charge in [0.05, 0.1) is 21.0 Å². The van der Waals surface area contributed by atoms with Crippen molar-refractivity contribution in [1.82, 2.24) is 19.3 Å². The van der Waals surface area contributed by atoms with Gasteiger partial charge >= 0.3 is 0 Å². The molecule has 0 atom stereocenters. The van der Waals surface area contributed by atoms with Crippen LogP contribution in [0.3, 0.4) is 0 Å². The Labute approximate surface area is 205 Å². The molecule has 3 heterocycles. The van der Waals surface area contributed by atoms with Gasteiger partial charge in [-0.15, -0.1) is 11.3 Å². The summed E-state index contributed by atoms with van der Waals surface area (Å²) in [5.74, 6) is 0.139. The zero-order valence-corrected chi connectivity index (χ0v) is 19.9. The number of halogens is 2. The lowest BCUT2D eigenvalue weighted by atomic mass is 10.3. The van der Waals surface area contributed by atoms with Crippen molar-refractivity contribution >= 4 is 38.8 Å². The van der Waals surface area contributed by atoms with Gasteiger partial charge in [0.25, 0.3) is 0 Å². The lowest BCUT2D eigenvalue weighted by Gasteiger charge is -2.34. The Morgan fingerprint density at radius 3 is 2.17 bits per heavy atom. The fraction of sp³-hybridized carbons (Fsp3) is 0.174. The number of thiazole rings is 1. The van der Waals surface area contributed by atoms with Crippen LogP contribution in [0.1, 0.15) is 0 Å². The fourth-order valence-corrected chi connectivity index (χ4v) is 5.68. The number of nitrogens with zero attached hydrogens (tertiary/aromatic N) is 5. The van der Waals surface area contributed by atoms with Crippen molar-refractivity contribution in [2.75, 3.05) is 36.4 Å². The van der Waals surface area contributed by atoms with Gasteiger partial charge in [-0.2, -0.15) is 9.29 Å². The number of nitrogens with one attached hydrogen (secondary N) is 1. The highest BCUT2D eigenvalue weighted by Crippen LogP contribution is 2.28. The molecule has 1 aliphatic heterocycles. The quantitative estimate of drug-likeness (QED) is 0.414. The second-order valence-corrected chi connectivity index (χ2v) is 10.6. The van der Waals surface area contributed by atoms with Crippen LogP contribution in [0.25, 0.3) is 10.6 Å². The molecule has 1 aliphatic rings. The van der Waals surface area contributed by atoms with Crippen molar-refractivity contribution in [3.8, 4) is 10.6 Å². The Morgan fingerprint density at radius 1 is 0.886 bits per heavy atom. The van der Waals surface area contributed by atoms with E-state index < -0.39 is 15.8 Å². The SMILES string of the molecule is O=S(=O)(c1ccc(F)cc1)N1CCN(c2nc(Nc3ccc(F)cc3)cc(-c3cncs3)n2)CC1. The molecule has 1 saturated heterocycles. The maximum absolute atomic E-state index is 13.3. The number of hydrogen-bond donors (Lipinski definition) is 1. The Bertz CT molecular complexity index is 1410. The van der Waals surface area contributed by atoms with E-state index in [0.29, 0.717) is 36.2 Å². The van der Waals surface area contributed by atoms with E-state index in [0.717, 1.165) is 17.0 Å². The van der Waals surface area contributed by atoms with Crippen LogP contribution in [0, 0.1) is 11.6 Å². The van der Waals surface area contributed by atoms with Gasteiger partial charge in [0.1, 0.15) is 17.5 Å². The minimum Gasteiger partial charge on any atom is -0.340 e. The van der Waals surface area contributed by atoms with E-state index in [2.05, 4.69) is 20.3 Å². The Balaban J connectivity index is 1.38. The fourth-order valence-electron chi connectivity index (χ4n) is 3.67. The van der Waals surface area contributed by atoms with Crippen molar-refractivity contribution in [3.05, 3.63) is 77.9 Å². The number of benzene rings is 2. The predicted molar refractivity (Wildman–Crippen MR) is 130 cm³/mol. The maximum Gasteiger partial charge on any atom is 0.243 e. The van der Waals surface area contributed by atoms with E-state index in [4.69, 9.17) is 0 Å². The first kappa shape index (κ1) is 23.3. The molecule has 0 unspecified atom stereocenters. The summed E-state index contributed by atoms with van der Waals surface area (Å²) in [6.07, 6.45) is 1.71. The molecule has 12 heteroatoms. The number of anilines is 3. The summed E-state index contributed by atoms with van der Waals surface area (Å²) in [4.78, 5) is 16.3. The summed E-state index contributed by atoms with van der Waals surface area (Å²) < 4.78 is 53.8. The number of aromatic nitrogens is 3. The number of sulfonamides is 1. The smallest absolute Gasteiger partial charge is 0.243 e. The molecule has 180 valence electrons. The predicted octanol–water partition coefficient (Wildman–Crippen LogP) is 4.13. The molecular formula is C23H20F2N6O2S2. The summed E-state index contributed by atoms with van der Waals surface area (Å²) in [6, 6.07) is 12.5. The van der Waals surface area contributed by atoms with E-state index in [1.54, 1.807) is 29.9 Å². The van der Waals surface area contributed by atoms with Gasteiger partial charge in [0.2, 0.25) is 16.0 Å². The third kappa shape index (κ3) is 5.14. The summed E-state index contributed by atoms with van der Waals surface area (Å²) in [5.41, 5.74) is 3.05. The molecule has 1 fully saturated rings. The Kier molecular flexibility index (Phi) is 6.41. The first-order valence-electron chi connectivity index (χ1n) is 10.7. The van der Waals surface area contributed by atoms with Crippen molar-refractivity contribution < 1.29 is 17.2 Å². The first-order chi connectivity index (χ1) is 16.9. The van der Waals surface area contributed by atoms with Gasteiger partial charge in [-0.25, -0.2) is 22.2 Å². The van der Waals surface area contributed by atoms with Crippen molar-refractivity contribution in [2.24, 2.45) is 0 Å². The number of hydrogen-bond acceptors (Lipinski definition) is 8. The van der Waals surface area contributed by atoms with Crippen LogP contribution in [-0.2, 0) is 10.0 Å². The third-order valence-electron chi connectivity index (χ3n) is 5.49. The lowest BCUT2D eigenvalue weighted by molar-refractivity contribution is 0.382. The van der Waals surface area contributed by atoms with Crippen LogP contribution in [0.15, 0.2) is 71.2 Å². The molecule has 0 bridgehead atoms. The van der Waals surface area contributed by atoms with Crippen molar-refractivity contribution in [1.29, 1.82) is 0 Å². The highest BCUT2D eigenvalue weighted by Gasteiger charge is 2.29. The van der Waals surface area contributed by atoms with E-state index in [9.17, 15) is 17.2 Å². The molecule has 0 spiro atoms. The van der Waals surface area contributed by atoms with Gasteiger partial charge in [0.15, 0.2) is 0 Å². The Morgan fingerprint density at radius 2 is 1.54 bits per heavy atom. The molecule has 0 aliphatic carbocycles. The molecule has 8 nitrogen and oxygen atoms in total. The molecule has 1 N–H and O–H groups in total. The molecule has 0 radical (unpaired) electrons. The number of piperazine rings is 1. The highest BCUT2D eigenvalue weighted by atomic mass is 32.2. The first-order valence-corrected chi connectivity index (χ1v) is 13.0. The zero-order chi connectivity index (χ0) is 24.4. The standard InChI is InChI=1S/C23H20F2N6O2S2/c24-16-1-5-18(6-2-16)27-22-13-20(21-14-26-15-34-21)28-23(29-22)30-9-11-31(12-10-30)35(32,33)19-7-3-17(25)4-8-19/h1-8,13-15H,9-12H2,(H,27,28,29). The summed E-state index contributed by atoms with van der Waals surface area (Å²) >= 11 is 1.44. The summed E-state index contributed by atoms with van der Waals surface area (Å²) in [7, 11) is -3.73. The summed E-state index contributed by atoms with van der Waals surface area (Å²) in [6.45, 7) is 1.22. The topological polar surface area (TPSA) is 91.3 Å². The molecule has 0 amide bonds. The van der Waals surface area contributed by atoms with Gasteiger partial charge < -0.3 is 10.2 Å². The normalized spacial score (nSPS) is 14.7. The monoisotopic (exact) mass is 514 g/mol. The largest absolute Gasteiger partial charge is 0.340 e.